The van der Waals surface area contributed by atoms with Crippen molar-refractivity contribution in [2.75, 3.05) is 13.2 Å². The van der Waals surface area contributed by atoms with Crippen molar-refractivity contribution >= 4 is 0 Å². The Bertz CT molecular complexity index is 711. The molecule has 0 spiro atoms. The number of hydrogen-bond donors (Lipinski definition) is 0. The summed E-state index contributed by atoms with van der Waals surface area (Å²) in [7, 11) is 0. The standard InChI is InChI=1S/C20H21F3O3/c1-2-3-13-11-24-19(25-12-13)15-6-9-17(18(21)10-15)14-4-7-16(8-5-14)26-20(22)23/h4-10,13,19-20H,2-3,11-12H2,1H3. The molecule has 1 fully saturated rings. The molecule has 140 valence electrons. The van der Waals surface area contributed by atoms with Crippen molar-refractivity contribution in [3.63, 3.8) is 0 Å². The van der Waals surface area contributed by atoms with Gasteiger partial charge in [0.1, 0.15) is 11.6 Å². The Morgan fingerprint density at radius 2 is 1.77 bits per heavy atom. The third-order valence-corrected chi connectivity index (χ3v) is 4.32. The van der Waals surface area contributed by atoms with E-state index in [0.29, 0.717) is 35.8 Å². The van der Waals surface area contributed by atoms with Gasteiger partial charge in [-0.15, -0.1) is 0 Å². The van der Waals surface area contributed by atoms with Crippen molar-refractivity contribution in [1.82, 2.24) is 0 Å². The maximum absolute atomic E-state index is 14.5. The summed E-state index contributed by atoms with van der Waals surface area (Å²) < 4.78 is 54.6. The highest BCUT2D eigenvalue weighted by molar-refractivity contribution is 5.65. The molecule has 2 aromatic carbocycles. The lowest BCUT2D eigenvalue weighted by atomic mass is 10.0. The number of alkyl halides is 2. The van der Waals surface area contributed by atoms with Gasteiger partial charge in [-0.05, 0) is 30.2 Å². The van der Waals surface area contributed by atoms with Crippen molar-refractivity contribution in [2.24, 2.45) is 5.92 Å². The molecule has 0 radical (unpaired) electrons. The number of halogens is 3. The summed E-state index contributed by atoms with van der Waals surface area (Å²) in [4.78, 5) is 0. The predicted molar refractivity (Wildman–Crippen MR) is 91.5 cm³/mol. The lowest BCUT2D eigenvalue weighted by Crippen LogP contribution is -2.27. The first-order chi connectivity index (χ1) is 12.6. The second kappa shape index (κ2) is 8.56. The van der Waals surface area contributed by atoms with Gasteiger partial charge < -0.3 is 14.2 Å². The molecule has 0 unspecified atom stereocenters. The van der Waals surface area contributed by atoms with Crippen LogP contribution in [0.3, 0.4) is 0 Å². The maximum atomic E-state index is 14.5. The smallest absolute Gasteiger partial charge is 0.387 e. The van der Waals surface area contributed by atoms with Crippen molar-refractivity contribution in [3.8, 4) is 16.9 Å². The zero-order valence-corrected chi connectivity index (χ0v) is 14.5. The number of hydrogen-bond acceptors (Lipinski definition) is 3. The predicted octanol–water partition coefficient (Wildman–Crippen LogP) is 5.56. The highest BCUT2D eigenvalue weighted by Crippen LogP contribution is 2.31. The fraction of sp³-hybridized carbons (Fsp3) is 0.400. The van der Waals surface area contributed by atoms with E-state index >= 15 is 0 Å². The van der Waals surface area contributed by atoms with Gasteiger partial charge in [-0.2, -0.15) is 8.78 Å². The molecule has 26 heavy (non-hydrogen) atoms. The lowest BCUT2D eigenvalue weighted by molar-refractivity contribution is -0.206. The maximum Gasteiger partial charge on any atom is 0.387 e. The molecule has 0 bridgehead atoms. The summed E-state index contributed by atoms with van der Waals surface area (Å²) in [5.74, 6) is -0.00586. The van der Waals surface area contributed by atoms with Crippen molar-refractivity contribution in [3.05, 3.63) is 53.8 Å². The molecule has 3 rings (SSSR count). The summed E-state index contributed by atoms with van der Waals surface area (Å²) in [6, 6.07) is 10.6. The van der Waals surface area contributed by atoms with Crippen molar-refractivity contribution < 1.29 is 27.4 Å². The third-order valence-electron chi connectivity index (χ3n) is 4.32. The van der Waals surface area contributed by atoms with E-state index in [1.54, 1.807) is 24.3 Å². The van der Waals surface area contributed by atoms with Crippen LogP contribution in [0.15, 0.2) is 42.5 Å². The van der Waals surface area contributed by atoms with Crippen LogP contribution in [-0.4, -0.2) is 19.8 Å². The van der Waals surface area contributed by atoms with E-state index in [9.17, 15) is 13.2 Å². The van der Waals surface area contributed by atoms with E-state index < -0.39 is 18.7 Å². The summed E-state index contributed by atoms with van der Waals surface area (Å²) in [5, 5.41) is 0. The van der Waals surface area contributed by atoms with Crippen LogP contribution in [0.1, 0.15) is 31.6 Å². The van der Waals surface area contributed by atoms with Crippen LogP contribution in [0.5, 0.6) is 5.75 Å². The number of ether oxygens (including phenoxy) is 3. The fourth-order valence-corrected chi connectivity index (χ4v) is 3.04. The Balaban J connectivity index is 1.70. The summed E-state index contributed by atoms with van der Waals surface area (Å²) in [6.45, 7) is 0.442. The first kappa shape index (κ1) is 18.7. The van der Waals surface area contributed by atoms with Crippen LogP contribution in [0.2, 0.25) is 0 Å². The molecule has 0 aliphatic carbocycles. The number of benzene rings is 2. The molecule has 0 saturated carbocycles. The molecule has 1 saturated heterocycles. The topological polar surface area (TPSA) is 27.7 Å². The first-order valence-corrected chi connectivity index (χ1v) is 8.64. The van der Waals surface area contributed by atoms with Gasteiger partial charge >= 0.3 is 6.61 Å². The van der Waals surface area contributed by atoms with Crippen LogP contribution in [-0.2, 0) is 9.47 Å². The average Bonchev–Trinajstić information content (AvgIpc) is 2.63. The lowest BCUT2D eigenvalue weighted by Gasteiger charge is -2.29. The molecular weight excluding hydrogens is 345 g/mol. The van der Waals surface area contributed by atoms with E-state index in [2.05, 4.69) is 11.7 Å². The summed E-state index contributed by atoms with van der Waals surface area (Å²) in [5.41, 5.74) is 1.57. The van der Waals surface area contributed by atoms with Gasteiger partial charge in [0.05, 0.1) is 13.2 Å². The molecule has 2 aromatic rings. The normalized spacial score (nSPS) is 20.3. The molecule has 3 nitrogen and oxygen atoms in total. The number of rotatable bonds is 6. The summed E-state index contributed by atoms with van der Waals surface area (Å²) in [6.07, 6.45) is 1.56. The summed E-state index contributed by atoms with van der Waals surface area (Å²) >= 11 is 0. The minimum absolute atomic E-state index is 0.0337. The van der Waals surface area contributed by atoms with E-state index in [1.807, 2.05) is 0 Å². The second-order valence-corrected chi connectivity index (χ2v) is 6.30. The highest BCUT2D eigenvalue weighted by atomic mass is 19.3. The highest BCUT2D eigenvalue weighted by Gasteiger charge is 2.23. The monoisotopic (exact) mass is 366 g/mol. The van der Waals surface area contributed by atoms with Crippen molar-refractivity contribution in [2.45, 2.75) is 32.7 Å². The minimum atomic E-state index is -2.88. The van der Waals surface area contributed by atoms with Gasteiger partial charge in [-0.3, -0.25) is 0 Å². The zero-order chi connectivity index (χ0) is 18.5. The van der Waals surface area contributed by atoms with Gasteiger partial charge in [0, 0.05) is 17.0 Å². The molecule has 1 aliphatic heterocycles. The van der Waals surface area contributed by atoms with Crippen LogP contribution in [0, 0.1) is 11.7 Å². The van der Waals surface area contributed by atoms with Gasteiger partial charge in [0.15, 0.2) is 6.29 Å². The Hall–Kier alpha value is -2.05. The van der Waals surface area contributed by atoms with Crippen LogP contribution in [0.4, 0.5) is 13.2 Å². The Morgan fingerprint density at radius 3 is 2.35 bits per heavy atom. The molecule has 6 heteroatoms. The molecule has 0 N–H and O–H groups in total. The average molecular weight is 366 g/mol. The van der Waals surface area contributed by atoms with Crippen LogP contribution < -0.4 is 4.74 Å². The fourth-order valence-electron chi connectivity index (χ4n) is 3.04. The van der Waals surface area contributed by atoms with Gasteiger partial charge in [0.2, 0.25) is 0 Å². The van der Waals surface area contributed by atoms with Crippen molar-refractivity contribution in [1.29, 1.82) is 0 Å². The molecular formula is C20H21F3O3. The largest absolute Gasteiger partial charge is 0.435 e. The van der Waals surface area contributed by atoms with Crippen LogP contribution in [0.25, 0.3) is 11.1 Å². The quantitative estimate of drug-likeness (QED) is 0.670. The van der Waals surface area contributed by atoms with Gasteiger partial charge in [-0.25, -0.2) is 4.39 Å². The van der Waals surface area contributed by atoms with E-state index in [0.717, 1.165) is 12.8 Å². The van der Waals surface area contributed by atoms with Crippen LogP contribution >= 0.6 is 0 Å². The Morgan fingerprint density at radius 1 is 1.08 bits per heavy atom. The molecule has 0 amide bonds. The molecule has 0 aromatic heterocycles. The SMILES string of the molecule is CCCC1COC(c2ccc(-c3ccc(OC(F)F)cc3)c(F)c2)OC1. The Kier molecular flexibility index (Phi) is 6.16. The van der Waals surface area contributed by atoms with E-state index in [-0.39, 0.29) is 5.75 Å². The second-order valence-electron chi connectivity index (χ2n) is 6.30. The molecule has 0 atom stereocenters. The first-order valence-electron chi connectivity index (χ1n) is 8.64. The van der Waals surface area contributed by atoms with Gasteiger partial charge in [-0.1, -0.05) is 37.6 Å². The Labute approximate surface area is 150 Å². The van der Waals surface area contributed by atoms with E-state index in [4.69, 9.17) is 9.47 Å². The minimum Gasteiger partial charge on any atom is -0.435 e. The molecule has 1 aliphatic rings. The zero-order valence-electron chi connectivity index (χ0n) is 14.5. The van der Waals surface area contributed by atoms with E-state index in [1.165, 1.54) is 18.2 Å². The third kappa shape index (κ3) is 4.56. The van der Waals surface area contributed by atoms with Gasteiger partial charge in [0.25, 0.3) is 0 Å². The molecule has 1 heterocycles.